The summed E-state index contributed by atoms with van der Waals surface area (Å²) in [6.07, 6.45) is 4.09. The highest BCUT2D eigenvalue weighted by Gasteiger charge is 2.24. The van der Waals surface area contributed by atoms with Crippen LogP contribution in [0, 0.1) is 5.41 Å². The molecule has 0 heterocycles. The lowest BCUT2D eigenvalue weighted by molar-refractivity contribution is 0.00304. The van der Waals surface area contributed by atoms with Crippen LogP contribution in [0.3, 0.4) is 0 Å². The third kappa shape index (κ3) is 13.4. The molecule has 0 aromatic carbocycles. The normalized spacial score (nSPS) is 8.93. The summed E-state index contributed by atoms with van der Waals surface area (Å²) in [7, 11) is 0. The van der Waals surface area contributed by atoms with Crippen molar-refractivity contribution < 1.29 is 15.3 Å². The molecule has 3 heteroatoms. The predicted molar refractivity (Wildman–Crippen MR) is 65.7 cm³/mol. The van der Waals surface area contributed by atoms with Gasteiger partial charge >= 0.3 is 0 Å². The van der Waals surface area contributed by atoms with Gasteiger partial charge in [-0.05, 0) is 20.3 Å². The molecule has 0 amide bonds. The lowest BCUT2D eigenvalue weighted by Crippen LogP contribution is -2.32. The highest BCUT2D eigenvalue weighted by molar-refractivity contribution is 4.74. The van der Waals surface area contributed by atoms with E-state index in [-0.39, 0.29) is 19.8 Å². The summed E-state index contributed by atoms with van der Waals surface area (Å²) in [5, 5.41) is 26.0. The first-order valence-corrected chi connectivity index (χ1v) is 5.04. The molecule has 0 unspecified atom stereocenters. The standard InChI is InChI=1S/C6H14O3.2C3H6/c1-2-6(3-7,4-8)5-9;2*1-3-2/h7-9H,2-5H2,1H3;2*3H,1H2,2H3. The molecule has 0 saturated heterocycles. The maximum Gasteiger partial charge on any atom is 0.0531 e. The summed E-state index contributed by atoms with van der Waals surface area (Å²) in [6.45, 7) is 11.9. The van der Waals surface area contributed by atoms with E-state index in [1.54, 1.807) is 12.2 Å². The van der Waals surface area contributed by atoms with E-state index in [0.29, 0.717) is 6.42 Å². The Morgan fingerprint density at radius 2 is 1.13 bits per heavy atom. The van der Waals surface area contributed by atoms with Gasteiger partial charge in [-0.25, -0.2) is 0 Å². The highest BCUT2D eigenvalue weighted by Crippen LogP contribution is 2.18. The Morgan fingerprint density at radius 3 is 1.13 bits per heavy atom. The third-order valence-electron chi connectivity index (χ3n) is 1.76. The van der Waals surface area contributed by atoms with Crippen LogP contribution in [0.25, 0.3) is 0 Å². The fourth-order valence-electron chi connectivity index (χ4n) is 0.485. The van der Waals surface area contributed by atoms with Gasteiger partial charge in [-0.1, -0.05) is 19.1 Å². The molecule has 0 aliphatic rings. The molecule has 3 nitrogen and oxygen atoms in total. The predicted octanol–water partition coefficient (Wildman–Crippen LogP) is 1.74. The van der Waals surface area contributed by atoms with E-state index in [0.717, 1.165) is 0 Å². The summed E-state index contributed by atoms with van der Waals surface area (Å²) in [5.41, 5.74) is -0.667. The minimum Gasteiger partial charge on any atom is -0.396 e. The number of hydrogen-bond donors (Lipinski definition) is 3. The summed E-state index contributed by atoms with van der Waals surface area (Å²) in [5.74, 6) is 0. The molecule has 0 aromatic heterocycles. The zero-order valence-electron chi connectivity index (χ0n) is 10.2. The van der Waals surface area contributed by atoms with Crippen molar-refractivity contribution >= 4 is 0 Å². The Morgan fingerprint density at radius 1 is 0.933 bits per heavy atom. The molecule has 92 valence electrons. The Bertz CT molecular complexity index is 105. The number of rotatable bonds is 4. The van der Waals surface area contributed by atoms with Crippen molar-refractivity contribution in [3.63, 3.8) is 0 Å². The molecule has 0 spiro atoms. The average Bonchev–Trinajstić information content (AvgIpc) is 2.24. The van der Waals surface area contributed by atoms with E-state index in [4.69, 9.17) is 15.3 Å². The van der Waals surface area contributed by atoms with Gasteiger partial charge in [0.25, 0.3) is 0 Å². The van der Waals surface area contributed by atoms with Crippen molar-refractivity contribution in [2.75, 3.05) is 19.8 Å². The first-order valence-electron chi connectivity index (χ1n) is 5.04. The van der Waals surface area contributed by atoms with Gasteiger partial charge in [-0.15, -0.1) is 13.2 Å². The van der Waals surface area contributed by atoms with Gasteiger partial charge < -0.3 is 15.3 Å². The molecule has 0 bridgehead atoms. The second-order valence-electron chi connectivity index (χ2n) is 3.14. The van der Waals surface area contributed by atoms with Crippen molar-refractivity contribution in [2.24, 2.45) is 5.41 Å². The number of aliphatic hydroxyl groups is 3. The smallest absolute Gasteiger partial charge is 0.0531 e. The van der Waals surface area contributed by atoms with E-state index in [2.05, 4.69) is 13.2 Å². The van der Waals surface area contributed by atoms with Crippen molar-refractivity contribution in [3.05, 3.63) is 25.3 Å². The molecule has 0 aromatic rings. The van der Waals surface area contributed by atoms with Crippen LogP contribution in [0.15, 0.2) is 25.3 Å². The Labute approximate surface area is 93.8 Å². The SMILES string of the molecule is C=CC.C=CC.CCC(CO)(CO)CO. The lowest BCUT2D eigenvalue weighted by Gasteiger charge is -2.24. The molecule has 0 aliphatic heterocycles. The van der Waals surface area contributed by atoms with Crippen LogP contribution < -0.4 is 0 Å². The van der Waals surface area contributed by atoms with Crippen LogP contribution in [-0.4, -0.2) is 35.1 Å². The number of hydrogen-bond acceptors (Lipinski definition) is 3. The summed E-state index contributed by atoms with van der Waals surface area (Å²) >= 11 is 0. The van der Waals surface area contributed by atoms with Gasteiger partial charge in [-0.2, -0.15) is 0 Å². The first kappa shape index (κ1) is 19.9. The molecule has 0 radical (unpaired) electrons. The molecule has 15 heavy (non-hydrogen) atoms. The Balaban J connectivity index is -0.000000200. The summed E-state index contributed by atoms with van der Waals surface area (Å²) < 4.78 is 0. The van der Waals surface area contributed by atoms with Crippen molar-refractivity contribution in [2.45, 2.75) is 27.2 Å². The zero-order valence-corrected chi connectivity index (χ0v) is 10.2. The highest BCUT2D eigenvalue weighted by atomic mass is 16.3. The van der Waals surface area contributed by atoms with Crippen molar-refractivity contribution in [3.8, 4) is 0 Å². The average molecular weight is 218 g/mol. The zero-order chi connectivity index (χ0) is 12.7. The van der Waals surface area contributed by atoms with Crippen LogP contribution in [0.1, 0.15) is 27.2 Å². The summed E-state index contributed by atoms with van der Waals surface area (Å²) in [4.78, 5) is 0. The molecule has 0 atom stereocenters. The monoisotopic (exact) mass is 218 g/mol. The maximum absolute atomic E-state index is 8.66. The minimum absolute atomic E-state index is 0.156. The first-order chi connectivity index (χ1) is 7.07. The van der Waals surface area contributed by atoms with Crippen molar-refractivity contribution in [1.82, 2.24) is 0 Å². The fraction of sp³-hybridized carbons (Fsp3) is 0.667. The van der Waals surface area contributed by atoms with Gasteiger partial charge in [0.05, 0.1) is 19.8 Å². The lowest BCUT2D eigenvalue weighted by atomic mass is 9.88. The largest absolute Gasteiger partial charge is 0.396 e. The van der Waals surface area contributed by atoms with Crippen LogP contribution in [0.4, 0.5) is 0 Å². The molecule has 0 saturated carbocycles. The van der Waals surface area contributed by atoms with Crippen LogP contribution >= 0.6 is 0 Å². The second kappa shape index (κ2) is 15.8. The maximum atomic E-state index is 8.66. The quantitative estimate of drug-likeness (QED) is 0.630. The minimum atomic E-state index is -0.667. The van der Waals surface area contributed by atoms with Gasteiger partial charge in [0, 0.05) is 5.41 Å². The second-order valence-corrected chi connectivity index (χ2v) is 3.14. The molecule has 0 fully saturated rings. The van der Waals surface area contributed by atoms with Crippen LogP contribution in [-0.2, 0) is 0 Å². The Kier molecular flexibility index (Phi) is 20.9. The molecule has 0 rings (SSSR count). The molecule has 3 N–H and O–H groups in total. The number of aliphatic hydroxyl groups excluding tert-OH is 3. The van der Waals surface area contributed by atoms with Gasteiger partial charge in [-0.3, -0.25) is 0 Å². The Hall–Kier alpha value is -0.640. The fourth-order valence-corrected chi connectivity index (χ4v) is 0.485. The topological polar surface area (TPSA) is 60.7 Å². The van der Waals surface area contributed by atoms with E-state index in [1.807, 2.05) is 20.8 Å². The molecule has 0 aliphatic carbocycles. The third-order valence-corrected chi connectivity index (χ3v) is 1.76. The van der Waals surface area contributed by atoms with E-state index in [1.165, 1.54) is 0 Å². The van der Waals surface area contributed by atoms with Gasteiger partial charge in [0.1, 0.15) is 0 Å². The van der Waals surface area contributed by atoms with Crippen LogP contribution in [0.2, 0.25) is 0 Å². The number of allylic oxidation sites excluding steroid dienone is 2. The molecular formula is C12H26O3. The van der Waals surface area contributed by atoms with Gasteiger partial charge in [0.2, 0.25) is 0 Å². The van der Waals surface area contributed by atoms with E-state index < -0.39 is 5.41 Å². The summed E-state index contributed by atoms with van der Waals surface area (Å²) in [6, 6.07) is 0. The van der Waals surface area contributed by atoms with E-state index >= 15 is 0 Å². The van der Waals surface area contributed by atoms with E-state index in [9.17, 15) is 0 Å². The molecular weight excluding hydrogens is 192 g/mol. The van der Waals surface area contributed by atoms with Gasteiger partial charge in [0.15, 0.2) is 0 Å². The van der Waals surface area contributed by atoms with Crippen molar-refractivity contribution in [1.29, 1.82) is 0 Å². The van der Waals surface area contributed by atoms with Crippen LogP contribution in [0.5, 0.6) is 0 Å².